The molecule has 110 valence electrons. The van der Waals surface area contributed by atoms with Crippen LogP contribution < -0.4 is 9.64 Å². The zero-order chi connectivity index (χ0) is 13.8. The quantitative estimate of drug-likeness (QED) is 0.839. The summed E-state index contributed by atoms with van der Waals surface area (Å²) in [6.45, 7) is 7.82. The smallest absolute Gasteiger partial charge is 0.119 e. The first-order valence-electron chi connectivity index (χ1n) is 8.08. The van der Waals surface area contributed by atoms with Crippen molar-refractivity contribution in [3.05, 3.63) is 24.3 Å². The van der Waals surface area contributed by atoms with Crippen molar-refractivity contribution < 1.29 is 4.74 Å². The predicted molar refractivity (Wildman–Crippen MR) is 83.7 cm³/mol. The maximum atomic E-state index is 5.66. The number of piperazine rings is 1. The highest BCUT2D eigenvalue weighted by atomic mass is 16.5. The minimum atomic E-state index is 0.772. The summed E-state index contributed by atoms with van der Waals surface area (Å²) in [5.74, 6) is 0.993. The highest BCUT2D eigenvalue weighted by Gasteiger charge is 2.28. The van der Waals surface area contributed by atoms with Crippen LogP contribution in [0.1, 0.15) is 32.6 Å². The Morgan fingerprint density at radius 1 is 1.10 bits per heavy atom. The van der Waals surface area contributed by atoms with Gasteiger partial charge in [-0.2, -0.15) is 0 Å². The molecule has 2 heterocycles. The molecule has 0 saturated carbocycles. The Balaban J connectivity index is 1.61. The lowest BCUT2D eigenvalue weighted by molar-refractivity contribution is 0.133. The summed E-state index contributed by atoms with van der Waals surface area (Å²) in [6, 6.07) is 9.41. The van der Waals surface area contributed by atoms with Gasteiger partial charge >= 0.3 is 0 Å². The Morgan fingerprint density at radius 3 is 2.75 bits per heavy atom. The molecule has 0 N–H and O–H groups in total. The SMILES string of the molecule is CCCOc1ccc(N2CCN3CCCCC3C2)cc1. The van der Waals surface area contributed by atoms with Crippen molar-refractivity contribution in [1.29, 1.82) is 0 Å². The Kier molecular flexibility index (Phi) is 4.46. The molecule has 1 unspecified atom stereocenters. The van der Waals surface area contributed by atoms with Crippen LogP contribution in [0.3, 0.4) is 0 Å². The Bertz CT molecular complexity index is 418. The molecular weight excluding hydrogens is 248 g/mol. The molecule has 3 nitrogen and oxygen atoms in total. The van der Waals surface area contributed by atoms with Crippen LogP contribution in [0, 0.1) is 0 Å². The summed E-state index contributed by atoms with van der Waals surface area (Å²) < 4.78 is 5.66. The fraction of sp³-hybridized carbons (Fsp3) is 0.647. The average molecular weight is 274 g/mol. The number of fused-ring (bicyclic) bond motifs is 1. The second-order valence-corrected chi connectivity index (χ2v) is 5.97. The monoisotopic (exact) mass is 274 g/mol. The molecule has 0 aliphatic carbocycles. The molecule has 1 atom stereocenters. The summed E-state index contributed by atoms with van der Waals surface area (Å²) >= 11 is 0. The van der Waals surface area contributed by atoms with E-state index in [9.17, 15) is 0 Å². The normalized spacial score (nSPS) is 23.4. The number of anilines is 1. The third kappa shape index (κ3) is 3.09. The second-order valence-electron chi connectivity index (χ2n) is 5.97. The van der Waals surface area contributed by atoms with Crippen molar-refractivity contribution in [1.82, 2.24) is 4.90 Å². The molecule has 2 aliphatic heterocycles. The van der Waals surface area contributed by atoms with E-state index < -0.39 is 0 Å². The number of hydrogen-bond donors (Lipinski definition) is 0. The van der Waals surface area contributed by atoms with Crippen molar-refractivity contribution in [2.24, 2.45) is 0 Å². The van der Waals surface area contributed by atoms with Gasteiger partial charge in [0, 0.05) is 31.4 Å². The number of benzene rings is 1. The van der Waals surface area contributed by atoms with Crippen molar-refractivity contribution in [3.8, 4) is 5.75 Å². The van der Waals surface area contributed by atoms with Crippen LogP contribution in [0.25, 0.3) is 0 Å². The summed E-state index contributed by atoms with van der Waals surface area (Å²) in [4.78, 5) is 5.22. The van der Waals surface area contributed by atoms with E-state index >= 15 is 0 Å². The Morgan fingerprint density at radius 2 is 1.95 bits per heavy atom. The summed E-state index contributed by atoms with van der Waals surface area (Å²) in [5, 5.41) is 0. The lowest BCUT2D eigenvalue weighted by Crippen LogP contribution is -2.54. The van der Waals surface area contributed by atoms with Crippen LogP contribution in [0.5, 0.6) is 5.75 Å². The van der Waals surface area contributed by atoms with E-state index in [1.165, 1.54) is 44.6 Å². The second kappa shape index (κ2) is 6.49. The third-order valence-electron chi connectivity index (χ3n) is 4.51. The van der Waals surface area contributed by atoms with E-state index in [-0.39, 0.29) is 0 Å². The highest BCUT2D eigenvalue weighted by molar-refractivity contribution is 5.49. The van der Waals surface area contributed by atoms with Crippen molar-refractivity contribution in [3.63, 3.8) is 0 Å². The molecule has 1 aromatic carbocycles. The van der Waals surface area contributed by atoms with Gasteiger partial charge in [-0.25, -0.2) is 0 Å². The first-order valence-corrected chi connectivity index (χ1v) is 8.08. The molecule has 0 amide bonds. The molecule has 2 saturated heterocycles. The Hall–Kier alpha value is -1.22. The molecular formula is C17H26N2O. The standard InChI is InChI=1S/C17H26N2O/c1-2-13-20-17-8-6-15(7-9-17)19-12-11-18-10-4-3-5-16(18)14-19/h6-9,16H,2-5,10-14H2,1H3. The topological polar surface area (TPSA) is 15.7 Å². The van der Waals surface area contributed by atoms with Crippen LogP contribution in [0.4, 0.5) is 5.69 Å². The van der Waals surface area contributed by atoms with Crippen LogP contribution >= 0.6 is 0 Å². The van der Waals surface area contributed by atoms with E-state index in [1.807, 2.05) is 0 Å². The average Bonchev–Trinajstić information content (AvgIpc) is 2.53. The largest absolute Gasteiger partial charge is 0.494 e. The first-order chi connectivity index (χ1) is 9.86. The summed E-state index contributed by atoms with van der Waals surface area (Å²) in [5.41, 5.74) is 1.35. The predicted octanol–water partition coefficient (Wildman–Crippen LogP) is 3.15. The molecule has 0 aromatic heterocycles. The van der Waals surface area contributed by atoms with Gasteiger partial charge in [-0.15, -0.1) is 0 Å². The van der Waals surface area contributed by atoms with Crippen LogP contribution in [-0.2, 0) is 0 Å². The first kappa shape index (κ1) is 13.7. The number of ether oxygens (including phenoxy) is 1. The van der Waals surface area contributed by atoms with Crippen molar-refractivity contribution in [2.75, 3.05) is 37.7 Å². The van der Waals surface area contributed by atoms with Gasteiger partial charge in [-0.1, -0.05) is 13.3 Å². The van der Waals surface area contributed by atoms with Gasteiger partial charge in [0.15, 0.2) is 0 Å². The number of hydrogen-bond acceptors (Lipinski definition) is 3. The molecule has 0 spiro atoms. The number of piperidine rings is 1. The van der Waals surface area contributed by atoms with Crippen LogP contribution in [0.15, 0.2) is 24.3 Å². The zero-order valence-electron chi connectivity index (χ0n) is 12.6. The molecule has 1 aromatic rings. The van der Waals surface area contributed by atoms with Gasteiger partial charge in [0.25, 0.3) is 0 Å². The van der Waals surface area contributed by atoms with Crippen LogP contribution in [0.2, 0.25) is 0 Å². The Labute approximate surface area is 122 Å². The highest BCUT2D eigenvalue weighted by Crippen LogP contribution is 2.26. The van der Waals surface area contributed by atoms with E-state index in [1.54, 1.807) is 0 Å². The van der Waals surface area contributed by atoms with Gasteiger partial charge < -0.3 is 9.64 Å². The minimum absolute atomic E-state index is 0.772. The fourth-order valence-electron chi connectivity index (χ4n) is 3.36. The van der Waals surface area contributed by atoms with Crippen LogP contribution in [-0.4, -0.2) is 43.7 Å². The lowest BCUT2D eigenvalue weighted by Gasteiger charge is -2.45. The summed E-state index contributed by atoms with van der Waals surface area (Å²) in [7, 11) is 0. The van der Waals surface area contributed by atoms with Gasteiger partial charge in [-0.3, -0.25) is 4.90 Å². The molecule has 2 fully saturated rings. The van der Waals surface area contributed by atoms with E-state index in [2.05, 4.69) is 41.0 Å². The molecule has 0 radical (unpaired) electrons. The molecule has 2 aliphatic rings. The van der Waals surface area contributed by atoms with Gasteiger partial charge in [0.05, 0.1) is 6.61 Å². The molecule has 3 rings (SSSR count). The van der Waals surface area contributed by atoms with Gasteiger partial charge in [-0.05, 0) is 50.1 Å². The van der Waals surface area contributed by atoms with E-state index in [0.717, 1.165) is 31.4 Å². The lowest BCUT2D eigenvalue weighted by atomic mass is 9.99. The zero-order valence-corrected chi connectivity index (χ0v) is 12.6. The number of nitrogens with zero attached hydrogens (tertiary/aromatic N) is 2. The molecule has 20 heavy (non-hydrogen) atoms. The van der Waals surface area contributed by atoms with Crippen molar-refractivity contribution in [2.45, 2.75) is 38.6 Å². The van der Waals surface area contributed by atoms with Gasteiger partial charge in [0.1, 0.15) is 5.75 Å². The van der Waals surface area contributed by atoms with Crippen molar-refractivity contribution >= 4 is 5.69 Å². The maximum absolute atomic E-state index is 5.66. The fourth-order valence-corrected chi connectivity index (χ4v) is 3.36. The van der Waals surface area contributed by atoms with E-state index in [0.29, 0.717) is 0 Å². The van der Waals surface area contributed by atoms with E-state index in [4.69, 9.17) is 4.74 Å². The number of rotatable bonds is 4. The van der Waals surface area contributed by atoms with Gasteiger partial charge in [0.2, 0.25) is 0 Å². The third-order valence-corrected chi connectivity index (χ3v) is 4.51. The summed E-state index contributed by atoms with van der Waals surface area (Å²) in [6.07, 6.45) is 5.22. The maximum Gasteiger partial charge on any atom is 0.119 e. The minimum Gasteiger partial charge on any atom is -0.494 e. The molecule has 0 bridgehead atoms. The molecule has 3 heteroatoms.